The van der Waals surface area contributed by atoms with Crippen molar-refractivity contribution in [3.63, 3.8) is 0 Å². The Morgan fingerprint density at radius 2 is 2.07 bits per heavy atom. The standard InChI is InChI=1S/C12H13BrO2/c1-2-3-4-11(12(14)15)9-5-7-10(13)8-6-9/h2,5-8,11H,1,3-4H2,(H,14,15). The molecule has 0 bridgehead atoms. The van der Waals surface area contributed by atoms with Crippen LogP contribution in [0.5, 0.6) is 0 Å². The maximum atomic E-state index is 11.0. The first-order chi connectivity index (χ1) is 7.15. The summed E-state index contributed by atoms with van der Waals surface area (Å²) in [5.74, 6) is -1.21. The molecule has 1 N–H and O–H groups in total. The fraction of sp³-hybridized carbons (Fsp3) is 0.250. The van der Waals surface area contributed by atoms with Crippen molar-refractivity contribution in [2.45, 2.75) is 18.8 Å². The average Bonchev–Trinajstić information content (AvgIpc) is 2.21. The summed E-state index contributed by atoms with van der Waals surface area (Å²) >= 11 is 3.32. The van der Waals surface area contributed by atoms with E-state index in [0.29, 0.717) is 12.8 Å². The first-order valence-electron chi connectivity index (χ1n) is 4.74. The molecule has 1 unspecified atom stereocenters. The molecular formula is C12H13BrO2. The maximum Gasteiger partial charge on any atom is 0.310 e. The smallest absolute Gasteiger partial charge is 0.310 e. The fourth-order valence-corrected chi connectivity index (χ4v) is 1.68. The van der Waals surface area contributed by atoms with Crippen LogP contribution in [0, 0.1) is 0 Å². The van der Waals surface area contributed by atoms with Crippen LogP contribution in [0.3, 0.4) is 0 Å². The molecule has 0 fully saturated rings. The Kier molecular flexibility index (Phi) is 4.56. The Morgan fingerprint density at radius 3 is 2.53 bits per heavy atom. The zero-order chi connectivity index (χ0) is 11.3. The number of halogens is 1. The van der Waals surface area contributed by atoms with E-state index in [1.54, 1.807) is 6.08 Å². The summed E-state index contributed by atoms with van der Waals surface area (Å²) in [6, 6.07) is 7.40. The normalized spacial score (nSPS) is 12.1. The van der Waals surface area contributed by atoms with Crippen molar-refractivity contribution in [2.24, 2.45) is 0 Å². The molecule has 15 heavy (non-hydrogen) atoms. The molecule has 0 radical (unpaired) electrons. The van der Waals surface area contributed by atoms with Crippen molar-refractivity contribution >= 4 is 21.9 Å². The van der Waals surface area contributed by atoms with Crippen LogP contribution in [0.15, 0.2) is 41.4 Å². The first-order valence-corrected chi connectivity index (χ1v) is 5.53. The lowest BCUT2D eigenvalue weighted by Crippen LogP contribution is -2.11. The van der Waals surface area contributed by atoms with Gasteiger partial charge in [-0.25, -0.2) is 0 Å². The minimum Gasteiger partial charge on any atom is -0.481 e. The van der Waals surface area contributed by atoms with E-state index in [0.717, 1.165) is 10.0 Å². The van der Waals surface area contributed by atoms with Gasteiger partial charge in [-0.15, -0.1) is 6.58 Å². The average molecular weight is 269 g/mol. The molecule has 2 nitrogen and oxygen atoms in total. The number of carbonyl (C=O) groups is 1. The minimum absolute atomic E-state index is 0.434. The van der Waals surface area contributed by atoms with Gasteiger partial charge in [0.15, 0.2) is 0 Å². The summed E-state index contributed by atoms with van der Waals surface area (Å²) in [7, 11) is 0. The van der Waals surface area contributed by atoms with Crippen molar-refractivity contribution < 1.29 is 9.90 Å². The molecule has 1 atom stereocenters. The predicted octanol–water partition coefficient (Wildman–Crippen LogP) is 3.58. The van der Waals surface area contributed by atoms with Crippen molar-refractivity contribution in [2.75, 3.05) is 0 Å². The molecule has 0 amide bonds. The zero-order valence-corrected chi connectivity index (χ0v) is 9.90. The third kappa shape index (κ3) is 3.51. The fourth-order valence-electron chi connectivity index (χ4n) is 1.41. The third-order valence-electron chi connectivity index (χ3n) is 2.23. The molecule has 0 aromatic heterocycles. The molecule has 0 aliphatic heterocycles. The Labute approximate surface area is 97.8 Å². The summed E-state index contributed by atoms with van der Waals surface area (Å²) in [6.45, 7) is 3.60. The highest BCUT2D eigenvalue weighted by molar-refractivity contribution is 9.10. The van der Waals surface area contributed by atoms with E-state index >= 15 is 0 Å². The lowest BCUT2D eigenvalue weighted by atomic mass is 9.94. The number of carboxylic acid groups (broad SMARTS) is 1. The second-order valence-corrected chi connectivity index (χ2v) is 4.22. The SMILES string of the molecule is C=CCCC(C(=O)O)c1ccc(Br)cc1. The van der Waals surface area contributed by atoms with Crippen LogP contribution in [-0.4, -0.2) is 11.1 Å². The van der Waals surface area contributed by atoms with Gasteiger partial charge in [0.05, 0.1) is 5.92 Å². The van der Waals surface area contributed by atoms with Crippen molar-refractivity contribution in [3.8, 4) is 0 Å². The van der Waals surface area contributed by atoms with Gasteiger partial charge < -0.3 is 5.11 Å². The van der Waals surface area contributed by atoms with E-state index in [4.69, 9.17) is 5.11 Å². The second kappa shape index (κ2) is 5.71. The molecule has 0 spiro atoms. The van der Waals surface area contributed by atoms with Crippen LogP contribution in [0.25, 0.3) is 0 Å². The van der Waals surface area contributed by atoms with E-state index in [9.17, 15) is 4.79 Å². The van der Waals surface area contributed by atoms with Crippen LogP contribution in [0.1, 0.15) is 24.3 Å². The Balaban J connectivity index is 2.83. The van der Waals surface area contributed by atoms with E-state index in [-0.39, 0.29) is 0 Å². The van der Waals surface area contributed by atoms with Gasteiger partial charge in [0, 0.05) is 4.47 Å². The second-order valence-electron chi connectivity index (χ2n) is 3.31. The lowest BCUT2D eigenvalue weighted by molar-refractivity contribution is -0.138. The molecule has 1 aromatic carbocycles. The topological polar surface area (TPSA) is 37.3 Å². The van der Waals surface area contributed by atoms with Crippen LogP contribution in [-0.2, 0) is 4.79 Å². The number of allylic oxidation sites excluding steroid dienone is 1. The maximum absolute atomic E-state index is 11.0. The van der Waals surface area contributed by atoms with Gasteiger partial charge in [0.1, 0.15) is 0 Å². The molecule has 0 saturated carbocycles. The highest BCUT2D eigenvalue weighted by Gasteiger charge is 2.18. The van der Waals surface area contributed by atoms with Crippen molar-refractivity contribution in [1.29, 1.82) is 0 Å². The first kappa shape index (κ1) is 12.0. The molecule has 3 heteroatoms. The van der Waals surface area contributed by atoms with Crippen LogP contribution in [0.2, 0.25) is 0 Å². The summed E-state index contributed by atoms with van der Waals surface area (Å²) in [6.07, 6.45) is 3.06. The van der Waals surface area contributed by atoms with Gasteiger partial charge in [-0.05, 0) is 30.5 Å². The summed E-state index contributed by atoms with van der Waals surface area (Å²) in [5.41, 5.74) is 0.840. The zero-order valence-electron chi connectivity index (χ0n) is 8.32. The molecule has 0 heterocycles. The Morgan fingerprint density at radius 1 is 1.47 bits per heavy atom. The molecule has 1 rings (SSSR count). The van der Waals surface area contributed by atoms with Gasteiger partial charge in [-0.1, -0.05) is 34.1 Å². The van der Waals surface area contributed by atoms with E-state index in [1.807, 2.05) is 24.3 Å². The van der Waals surface area contributed by atoms with E-state index < -0.39 is 11.9 Å². The largest absolute Gasteiger partial charge is 0.481 e. The van der Waals surface area contributed by atoms with Gasteiger partial charge in [-0.2, -0.15) is 0 Å². The van der Waals surface area contributed by atoms with E-state index in [2.05, 4.69) is 22.5 Å². The molecule has 0 aliphatic carbocycles. The number of benzene rings is 1. The van der Waals surface area contributed by atoms with Gasteiger partial charge >= 0.3 is 5.97 Å². The highest BCUT2D eigenvalue weighted by atomic mass is 79.9. The quantitative estimate of drug-likeness (QED) is 0.829. The monoisotopic (exact) mass is 268 g/mol. The van der Waals surface area contributed by atoms with Crippen molar-refractivity contribution in [1.82, 2.24) is 0 Å². The van der Waals surface area contributed by atoms with Gasteiger partial charge in [0.2, 0.25) is 0 Å². The van der Waals surface area contributed by atoms with Crippen LogP contribution >= 0.6 is 15.9 Å². The molecule has 0 saturated heterocycles. The Hall–Kier alpha value is -1.09. The number of aliphatic carboxylic acids is 1. The molecule has 80 valence electrons. The number of rotatable bonds is 5. The van der Waals surface area contributed by atoms with Gasteiger partial charge in [0.25, 0.3) is 0 Å². The molecular weight excluding hydrogens is 256 g/mol. The summed E-state index contributed by atoms with van der Waals surface area (Å²) in [4.78, 5) is 11.0. The van der Waals surface area contributed by atoms with Crippen LogP contribution < -0.4 is 0 Å². The van der Waals surface area contributed by atoms with Crippen LogP contribution in [0.4, 0.5) is 0 Å². The summed E-state index contributed by atoms with van der Waals surface area (Å²) in [5, 5.41) is 9.08. The Bertz CT molecular complexity index is 343. The molecule has 0 aliphatic rings. The third-order valence-corrected chi connectivity index (χ3v) is 2.76. The predicted molar refractivity (Wildman–Crippen MR) is 63.9 cm³/mol. The van der Waals surface area contributed by atoms with Gasteiger partial charge in [-0.3, -0.25) is 4.79 Å². The highest BCUT2D eigenvalue weighted by Crippen LogP contribution is 2.23. The molecule has 1 aromatic rings. The number of carboxylic acids is 1. The summed E-state index contributed by atoms with van der Waals surface area (Å²) < 4.78 is 0.958. The lowest BCUT2D eigenvalue weighted by Gasteiger charge is -2.11. The van der Waals surface area contributed by atoms with Crippen molar-refractivity contribution in [3.05, 3.63) is 47.0 Å². The minimum atomic E-state index is -0.779. The van der Waals surface area contributed by atoms with E-state index in [1.165, 1.54) is 0 Å². The number of hydrogen-bond acceptors (Lipinski definition) is 1. The number of hydrogen-bond donors (Lipinski definition) is 1.